The van der Waals surface area contributed by atoms with Gasteiger partial charge in [-0.1, -0.05) is 17.7 Å². The van der Waals surface area contributed by atoms with Crippen LogP contribution in [0.25, 0.3) is 0 Å². The molecule has 0 radical (unpaired) electrons. The van der Waals surface area contributed by atoms with Crippen LogP contribution in [0.4, 0.5) is 10.2 Å². The molecule has 25 heavy (non-hydrogen) atoms. The number of hydrogen-bond donors (Lipinski definition) is 1. The first-order valence-corrected chi connectivity index (χ1v) is 7.71. The third-order valence-electron chi connectivity index (χ3n) is 3.22. The van der Waals surface area contributed by atoms with Crippen LogP contribution in [-0.4, -0.2) is 30.1 Å². The molecule has 0 aliphatic rings. The van der Waals surface area contributed by atoms with Gasteiger partial charge in [0, 0.05) is 6.20 Å². The fourth-order valence-electron chi connectivity index (χ4n) is 1.96. The summed E-state index contributed by atoms with van der Waals surface area (Å²) >= 11 is 5.71. The Hall–Kier alpha value is -2.67. The summed E-state index contributed by atoms with van der Waals surface area (Å²) in [6.45, 7) is 1.43. The molecule has 8 heteroatoms. The number of carbonyl (C=O) groups excluding carboxylic acids is 2. The van der Waals surface area contributed by atoms with Gasteiger partial charge in [-0.2, -0.15) is 0 Å². The minimum atomic E-state index is -1.03. The first-order chi connectivity index (χ1) is 11.9. The molecule has 2 rings (SSSR count). The van der Waals surface area contributed by atoms with E-state index in [0.717, 1.165) is 0 Å². The summed E-state index contributed by atoms with van der Waals surface area (Å²) in [5.74, 6) is -1.40. The van der Waals surface area contributed by atoms with E-state index >= 15 is 0 Å². The molecular formula is C17H16ClFN2O4. The number of rotatable bonds is 6. The van der Waals surface area contributed by atoms with Gasteiger partial charge in [0.15, 0.2) is 17.7 Å². The molecule has 1 aromatic heterocycles. The Morgan fingerprint density at radius 3 is 2.68 bits per heavy atom. The van der Waals surface area contributed by atoms with Crippen molar-refractivity contribution in [2.45, 2.75) is 19.4 Å². The second-order valence-electron chi connectivity index (χ2n) is 5.13. The van der Waals surface area contributed by atoms with E-state index in [4.69, 9.17) is 21.1 Å². The Bertz CT molecular complexity index is 768. The number of nitrogens with zero attached hydrogens (tertiary/aromatic N) is 1. The van der Waals surface area contributed by atoms with E-state index < -0.39 is 23.8 Å². The van der Waals surface area contributed by atoms with Crippen molar-refractivity contribution in [1.82, 2.24) is 4.98 Å². The molecule has 6 nitrogen and oxygen atoms in total. The van der Waals surface area contributed by atoms with E-state index in [1.54, 1.807) is 12.1 Å². The number of carbonyl (C=O) groups is 2. The van der Waals surface area contributed by atoms with Gasteiger partial charge >= 0.3 is 5.97 Å². The number of ether oxygens (including phenoxy) is 2. The maximum absolute atomic E-state index is 13.6. The standard InChI is InChI=1S/C17H16ClFN2O4/c1-10(17(23)21-15-6-4-12(18)9-20-15)25-16(22)8-11-3-5-14(24-2)13(19)7-11/h3-7,9-10H,8H2,1-2H3,(H,20,21,23)/t10-/m1/s1. The quantitative estimate of drug-likeness (QED) is 0.795. The van der Waals surface area contributed by atoms with Crippen molar-refractivity contribution in [3.05, 3.63) is 52.9 Å². The molecule has 0 fully saturated rings. The Balaban J connectivity index is 1.89. The summed E-state index contributed by atoms with van der Waals surface area (Å²) in [4.78, 5) is 27.8. The molecule has 0 spiro atoms. The van der Waals surface area contributed by atoms with Crippen molar-refractivity contribution in [3.63, 3.8) is 0 Å². The molecule has 1 amide bonds. The van der Waals surface area contributed by atoms with Crippen molar-refractivity contribution in [3.8, 4) is 5.75 Å². The third kappa shape index (κ3) is 5.42. The van der Waals surface area contributed by atoms with Crippen LogP contribution >= 0.6 is 11.6 Å². The third-order valence-corrected chi connectivity index (χ3v) is 3.44. The summed E-state index contributed by atoms with van der Waals surface area (Å²) < 4.78 is 23.5. The molecule has 0 aliphatic heterocycles. The minimum absolute atomic E-state index is 0.0836. The van der Waals surface area contributed by atoms with Gasteiger partial charge in [-0.15, -0.1) is 0 Å². The number of hydrogen-bond acceptors (Lipinski definition) is 5. The number of benzene rings is 1. The first kappa shape index (κ1) is 18.7. The highest BCUT2D eigenvalue weighted by atomic mass is 35.5. The lowest BCUT2D eigenvalue weighted by atomic mass is 10.1. The molecule has 2 aromatic rings. The maximum Gasteiger partial charge on any atom is 0.311 e. The maximum atomic E-state index is 13.6. The number of nitrogens with one attached hydrogen (secondary N) is 1. The van der Waals surface area contributed by atoms with E-state index in [1.165, 1.54) is 38.4 Å². The van der Waals surface area contributed by atoms with Crippen LogP contribution < -0.4 is 10.1 Å². The zero-order valence-electron chi connectivity index (χ0n) is 13.6. The van der Waals surface area contributed by atoms with E-state index in [-0.39, 0.29) is 18.0 Å². The minimum Gasteiger partial charge on any atom is -0.494 e. The molecule has 0 saturated heterocycles. The molecule has 1 atom stereocenters. The molecule has 1 aromatic carbocycles. The molecular weight excluding hydrogens is 351 g/mol. The van der Waals surface area contributed by atoms with Gasteiger partial charge < -0.3 is 14.8 Å². The lowest BCUT2D eigenvalue weighted by molar-refractivity contribution is -0.152. The number of anilines is 1. The van der Waals surface area contributed by atoms with Crippen LogP contribution in [-0.2, 0) is 20.7 Å². The van der Waals surface area contributed by atoms with Crippen LogP contribution in [0.5, 0.6) is 5.75 Å². The topological polar surface area (TPSA) is 77.5 Å². The van der Waals surface area contributed by atoms with E-state index in [9.17, 15) is 14.0 Å². The Morgan fingerprint density at radius 1 is 1.32 bits per heavy atom. The second kappa shape index (κ2) is 8.43. The average Bonchev–Trinajstić information content (AvgIpc) is 2.57. The molecule has 0 unspecified atom stereocenters. The van der Waals surface area contributed by atoms with E-state index in [2.05, 4.69) is 10.3 Å². The predicted molar refractivity (Wildman–Crippen MR) is 90.1 cm³/mol. The van der Waals surface area contributed by atoms with Crippen molar-refractivity contribution >= 4 is 29.3 Å². The summed E-state index contributed by atoms with van der Waals surface area (Å²) in [5, 5.41) is 2.93. The number of esters is 1. The van der Waals surface area contributed by atoms with Crippen molar-refractivity contribution in [1.29, 1.82) is 0 Å². The lowest BCUT2D eigenvalue weighted by Crippen LogP contribution is -2.30. The highest BCUT2D eigenvalue weighted by Crippen LogP contribution is 2.18. The normalized spacial score (nSPS) is 11.5. The molecule has 0 bridgehead atoms. The zero-order valence-corrected chi connectivity index (χ0v) is 14.3. The Kier molecular flexibility index (Phi) is 6.30. The molecule has 0 aliphatic carbocycles. The molecule has 0 saturated carbocycles. The number of amides is 1. The van der Waals surface area contributed by atoms with Gasteiger partial charge in [0.05, 0.1) is 18.6 Å². The lowest BCUT2D eigenvalue weighted by Gasteiger charge is -2.13. The fraction of sp³-hybridized carbons (Fsp3) is 0.235. The number of pyridine rings is 1. The number of aromatic nitrogens is 1. The zero-order chi connectivity index (χ0) is 18.4. The van der Waals surface area contributed by atoms with Gasteiger partial charge in [-0.3, -0.25) is 9.59 Å². The van der Waals surface area contributed by atoms with Crippen LogP contribution in [0.15, 0.2) is 36.5 Å². The van der Waals surface area contributed by atoms with Crippen molar-refractivity contribution in [2.24, 2.45) is 0 Å². The van der Waals surface area contributed by atoms with Gasteiger partial charge in [0.2, 0.25) is 0 Å². The van der Waals surface area contributed by atoms with Gasteiger partial charge in [0.1, 0.15) is 5.82 Å². The van der Waals surface area contributed by atoms with Gasteiger partial charge in [-0.05, 0) is 36.8 Å². The van der Waals surface area contributed by atoms with Crippen LogP contribution in [0.3, 0.4) is 0 Å². The monoisotopic (exact) mass is 366 g/mol. The van der Waals surface area contributed by atoms with Crippen LogP contribution in [0.2, 0.25) is 5.02 Å². The Morgan fingerprint density at radius 2 is 2.08 bits per heavy atom. The highest BCUT2D eigenvalue weighted by Gasteiger charge is 2.19. The molecule has 132 valence electrons. The largest absolute Gasteiger partial charge is 0.494 e. The highest BCUT2D eigenvalue weighted by molar-refractivity contribution is 6.30. The van der Waals surface area contributed by atoms with Gasteiger partial charge in [-0.25, -0.2) is 9.37 Å². The first-order valence-electron chi connectivity index (χ1n) is 7.33. The summed E-state index contributed by atoms with van der Waals surface area (Å²) in [7, 11) is 1.35. The molecule has 1 heterocycles. The van der Waals surface area contributed by atoms with Crippen molar-refractivity contribution < 1.29 is 23.5 Å². The fourth-order valence-corrected chi connectivity index (χ4v) is 2.07. The SMILES string of the molecule is COc1ccc(CC(=O)O[C@H](C)C(=O)Nc2ccc(Cl)cn2)cc1F. The number of halogens is 2. The second-order valence-corrected chi connectivity index (χ2v) is 5.57. The summed E-state index contributed by atoms with van der Waals surface area (Å²) in [6, 6.07) is 7.24. The predicted octanol–water partition coefficient (Wildman–Crippen LogP) is 3.00. The summed E-state index contributed by atoms with van der Waals surface area (Å²) in [6.07, 6.45) is 0.178. The van der Waals surface area contributed by atoms with E-state index in [0.29, 0.717) is 10.6 Å². The van der Waals surface area contributed by atoms with Crippen LogP contribution in [0.1, 0.15) is 12.5 Å². The van der Waals surface area contributed by atoms with Gasteiger partial charge in [0.25, 0.3) is 5.91 Å². The summed E-state index contributed by atoms with van der Waals surface area (Å²) in [5.41, 5.74) is 0.412. The van der Waals surface area contributed by atoms with Crippen molar-refractivity contribution in [2.75, 3.05) is 12.4 Å². The molecule has 1 N–H and O–H groups in total. The smallest absolute Gasteiger partial charge is 0.311 e. The van der Waals surface area contributed by atoms with E-state index in [1.807, 2.05) is 0 Å². The average molecular weight is 367 g/mol. The number of methoxy groups -OCH3 is 1. The van der Waals surface area contributed by atoms with Crippen LogP contribution in [0, 0.1) is 5.82 Å². The Labute approximate surface area is 148 Å².